The smallest absolute Gasteiger partial charge is 0.270 e. The van der Waals surface area contributed by atoms with Crippen LogP contribution in [-0.2, 0) is 6.54 Å². The van der Waals surface area contributed by atoms with Gasteiger partial charge in [-0.1, -0.05) is 54.6 Å². The Kier molecular flexibility index (Phi) is 6.92. The molecule has 0 aliphatic rings. The number of nitrogens with one attached hydrogen (secondary N) is 2. The number of aromatic nitrogens is 2. The summed E-state index contributed by atoms with van der Waals surface area (Å²) < 4.78 is 0. The van der Waals surface area contributed by atoms with Crippen LogP contribution in [0.5, 0.6) is 0 Å². The van der Waals surface area contributed by atoms with Gasteiger partial charge in [-0.15, -0.1) is 0 Å². The van der Waals surface area contributed by atoms with Crippen molar-refractivity contribution >= 4 is 11.7 Å². The van der Waals surface area contributed by atoms with Crippen LogP contribution in [0.25, 0.3) is 11.4 Å². The van der Waals surface area contributed by atoms with Gasteiger partial charge in [-0.05, 0) is 32.1 Å². The SMILES string of the molecule is Cc1ccccc1CNC(=O)c1cc(NCCN(C)C)nc(-c2ccccc2)n1. The highest BCUT2D eigenvalue weighted by Crippen LogP contribution is 2.18. The predicted octanol–water partition coefficient (Wildman–Crippen LogP) is 3.36. The monoisotopic (exact) mass is 389 g/mol. The van der Waals surface area contributed by atoms with Crippen molar-refractivity contribution in [3.05, 3.63) is 77.5 Å². The van der Waals surface area contributed by atoms with E-state index in [0.717, 1.165) is 29.8 Å². The lowest BCUT2D eigenvalue weighted by molar-refractivity contribution is 0.0946. The number of amides is 1. The molecule has 6 heteroatoms. The molecule has 3 aromatic rings. The summed E-state index contributed by atoms with van der Waals surface area (Å²) in [6.45, 7) is 4.08. The lowest BCUT2D eigenvalue weighted by atomic mass is 10.1. The molecule has 1 aromatic heterocycles. The lowest BCUT2D eigenvalue weighted by Crippen LogP contribution is -2.25. The van der Waals surface area contributed by atoms with Crippen LogP contribution in [0, 0.1) is 6.92 Å². The first kappa shape index (κ1) is 20.5. The third kappa shape index (κ3) is 5.86. The summed E-state index contributed by atoms with van der Waals surface area (Å²) in [5.41, 5.74) is 3.45. The molecule has 2 N–H and O–H groups in total. The molecule has 2 aromatic carbocycles. The fourth-order valence-corrected chi connectivity index (χ4v) is 2.85. The number of aryl methyl sites for hydroxylation is 1. The van der Waals surface area contributed by atoms with Crippen molar-refractivity contribution in [1.82, 2.24) is 20.2 Å². The number of hydrogen-bond donors (Lipinski definition) is 2. The maximum Gasteiger partial charge on any atom is 0.270 e. The van der Waals surface area contributed by atoms with Crippen LogP contribution in [0.15, 0.2) is 60.7 Å². The van der Waals surface area contributed by atoms with Gasteiger partial charge in [0.05, 0.1) is 0 Å². The molecule has 0 fully saturated rings. The minimum Gasteiger partial charge on any atom is -0.369 e. The zero-order chi connectivity index (χ0) is 20.6. The maximum atomic E-state index is 12.8. The van der Waals surface area contributed by atoms with E-state index >= 15 is 0 Å². The van der Waals surface area contributed by atoms with Gasteiger partial charge in [0.2, 0.25) is 0 Å². The fourth-order valence-electron chi connectivity index (χ4n) is 2.85. The summed E-state index contributed by atoms with van der Waals surface area (Å²) in [5, 5.41) is 6.26. The average molecular weight is 390 g/mol. The molecule has 0 atom stereocenters. The molecule has 0 saturated carbocycles. The highest BCUT2D eigenvalue weighted by molar-refractivity contribution is 5.93. The maximum absolute atomic E-state index is 12.8. The molecule has 150 valence electrons. The van der Waals surface area contributed by atoms with Crippen molar-refractivity contribution in [2.75, 3.05) is 32.5 Å². The highest BCUT2D eigenvalue weighted by Gasteiger charge is 2.13. The second kappa shape index (κ2) is 9.80. The second-order valence-electron chi connectivity index (χ2n) is 7.17. The zero-order valence-corrected chi connectivity index (χ0v) is 17.1. The third-order valence-electron chi connectivity index (χ3n) is 4.56. The molecule has 1 heterocycles. The standard InChI is InChI=1S/C23H27N5O/c1-17-9-7-8-12-19(17)16-25-23(29)20-15-21(24-13-14-28(2)3)27-22(26-20)18-10-5-4-6-11-18/h4-12,15H,13-14,16H2,1-3H3,(H,25,29)(H,24,26,27). The quantitative estimate of drug-likeness (QED) is 0.618. The van der Waals surface area contributed by atoms with Crippen LogP contribution in [0.3, 0.4) is 0 Å². The van der Waals surface area contributed by atoms with Crippen LogP contribution in [-0.4, -0.2) is 48.0 Å². The van der Waals surface area contributed by atoms with E-state index in [1.165, 1.54) is 0 Å². The number of nitrogens with zero attached hydrogens (tertiary/aromatic N) is 3. The molecule has 3 rings (SSSR count). The Bertz CT molecular complexity index is 956. The minimum atomic E-state index is -0.219. The van der Waals surface area contributed by atoms with Gasteiger partial charge < -0.3 is 15.5 Å². The number of rotatable bonds is 8. The number of carbonyl (C=O) groups is 1. The van der Waals surface area contributed by atoms with Crippen molar-refractivity contribution in [3.8, 4) is 11.4 Å². The Morgan fingerprint density at radius 3 is 2.45 bits per heavy atom. The molecule has 0 spiro atoms. The molecule has 0 unspecified atom stereocenters. The third-order valence-corrected chi connectivity index (χ3v) is 4.56. The minimum absolute atomic E-state index is 0.219. The normalized spacial score (nSPS) is 10.8. The molecule has 0 radical (unpaired) electrons. The molecule has 0 saturated heterocycles. The number of benzene rings is 2. The summed E-state index contributed by atoms with van der Waals surface area (Å²) in [6.07, 6.45) is 0. The molecule has 0 bridgehead atoms. The second-order valence-corrected chi connectivity index (χ2v) is 7.17. The largest absolute Gasteiger partial charge is 0.369 e. The van der Waals surface area contributed by atoms with Gasteiger partial charge in [-0.2, -0.15) is 0 Å². The Morgan fingerprint density at radius 2 is 1.72 bits per heavy atom. The van der Waals surface area contributed by atoms with E-state index in [1.54, 1.807) is 6.07 Å². The summed E-state index contributed by atoms with van der Waals surface area (Å²) in [5.74, 6) is 0.951. The number of likely N-dealkylation sites (N-methyl/N-ethyl adjacent to an activating group) is 1. The van der Waals surface area contributed by atoms with E-state index < -0.39 is 0 Å². The Morgan fingerprint density at radius 1 is 1.00 bits per heavy atom. The Balaban J connectivity index is 1.81. The van der Waals surface area contributed by atoms with Crippen molar-refractivity contribution in [1.29, 1.82) is 0 Å². The molecular formula is C23H27N5O. The first-order valence-corrected chi connectivity index (χ1v) is 9.69. The summed E-state index contributed by atoms with van der Waals surface area (Å²) in [6, 6.07) is 19.4. The van der Waals surface area contributed by atoms with E-state index in [-0.39, 0.29) is 5.91 Å². The van der Waals surface area contributed by atoms with E-state index in [0.29, 0.717) is 23.9 Å². The molecular weight excluding hydrogens is 362 g/mol. The summed E-state index contributed by atoms with van der Waals surface area (Å²) >= 11 is 0. The highest BCUT2D eigenvalue weighted by atomic mass is 16.1. The Labute approximate surface area is 172 Å². The lowest BCUT2D eigenvalue weighted by Gasteiger charge is -2.13. The number of hydrogen-bond acceptors (Lipinski definition) is 5. The van der Waals surface area contributed by atoms with Gasteiger partial charge in [0.25, 0.3) is 5.91 Å². The molecule has 29 heavy (non-hydrogen) atoms. The van der Waals surface area contributed by atoms with Gasteiger partial charge in [-0.25, -0.2) is 9.97 Å². The van der Waals surface area contributed by atoms with Crippen LogP contribution < -0.4 is 10.6 Å². The van der Waals surface area contributed by atoms with Crippen LogP contribution in [0.1, 0.15) is 21.6 Å². The van der Waals surface area contributed by atoms with Crippen LogP contribution in [0.2, 0.25) is 0 Å². The zero-order valence-electron chi connectivity index (χ0n) is 17.1. The van der Waals surface area contributed by atoms with Gasteiger partial charge in [0.1, 0.15) is 11.5 Å². The van der Waals surface area contributed by atoms with E-state index in [4.69, 9.17) is 0 Å². The molecule has 0 aliphatic heterocycles. The van der Waals surface area contributed by atoms with Gasteiger partial charge in [0, 0.05) is 31.3 Å². The van der Waals surface area contributed by atoms with Gasteiger partial charge in [0.15, 0.2) is 5.82 Å². The van der Waals surface area contributed by atoms with E-state index in [2.05, 4.69) is 25.5 Å². The average Bonchev–Trinajstić information content (AvgIpc) is 2.73. The van der Waals surface area contributed by atoms with Crippen molar-refractivity contribution < 1.29 is 4.79 Å². The number of carbonyl (C=O) groups excluding carboxylic acids is 1. The molecule has 0 aliphatic carbocycles. The fraction of sp³-hybridized carbons (Fsp3) is 0.261. The molecule has 1 amide bonds. The van der Waals surface area contributed by atoms with Crippen molar-refractivity contribution in [3.63, 3.8) is 0 Å². The Hall–Kier alpha value is -3.25. The molecule has 6 nitrogen and oxygen atoms in total. The topological polar surface area (TPSA) is 70.2 Å². The van der Waals surface area contributed by atoms with Crippen LogP contribution in [0.4, 0.5) is 5.82 Å². The van der Waals surface area contributed by atoms with Gasteiger partial charge >= 0.3 is 0 Å². The first-order chi connectivity index (χ1) is 14.0. The number of anilines is 1. The van der Waals surface area contributed by atoms with Crippen molar-refractivity contribution in [2.45, 2.75) is 13.5 Å². The van der Waals surface area contributed by atoms with Gasteiger partial charge in [-0.3, -0.25) is 4.79 Å². The van der Waals surface area contributed by atoms with E-state index in [1.807, 2.05) is 75.6 Å². The van der Waals surface area contributed by atoms with Crippen molar-refractivity contribution in [2.24, 2.45) is 0 Å². The van der Waals surface area contributed by atoms with E-state index in [9.17, 15) is 4.79 Å². The van der Waals surface area contributed by atoms with Crippen LogP contribution >= 0.6 is 0 Å². The predicted molar refractivity (Wildman–Crippen MR) is 117 cm³/mol. The summed E-state index contributed by atoms with van der Waals surface area (Å²) in [4.78, 5) is 24.0. The summed E-state index contributed by atoms with van der Waals surface area (Å²) in [7, 11) is 4.03. The first-order valence-electron chi connectivity index (χ1n) is 9.69.